The lowest BCUT2D eigenvalue weighted by Gasteiger charge is -2.15. The van der Waals surface area contributed by atoms with Crippen molar-refractivity contribution in [2.45, 2.75) is 6.18 Å². The first-order valence-corrected chi connectivity index (χ1v) is 7.97. The summed E-state index contributed by atoms with van der Waals surface area (Å²) in [6.45, 7) is 0. The van der Waals surface area contributed by atoms with Gasteiger partial charge in [-0.05, 0) is 48.5 Å². The van der Waals surface area contributed by atoms with Crippen molar-refractivity contribution >= 4 is 0 Å². The van der Waals surface area contributed by atoms with E-state index in [1.165, 1.54) is 24.3 Å². The quantitative estimate of drug-likeness (QED) is 0.554. The molecule has 0 saturated carbocycles. The Morgan fingerprint density at radius 3 is 2.00 bits per heavy atom. The molecule has 0 bridgehead atoms. The summed E-state index contributed by atoms with van der Waals surface area (Å²) in [5, 5.41) is 18.1. The van der Waals surface area contributed by atoms with Gasteiger partial charge in [-0.25, -0.2) is 0 Å². The van der Waals surface area contributed by atoms with Crippen molar-refractivity contribution in [1.82, 2.24) is 0 Å². The van der Waals surface area contributed by atoms with E-state index in [0.717, 1.165) is 12.1 Å². The van der Waals surface area contributed by atoms with E-state index in [9.17, 15) is 13.2 Å². The molecule has 0 atom stereocenters. The molecule has 3 rings (SSSR count). The fourth-order valence-electron chi connectivity index (χ4n) is 2.37. The maximum absolute atomic E-state index is 13.1. The van der Waals surface area contributed by atoms with Crippen LogP contribution in [0.4, 0.5) is 13.2 Å². The van der Waals surface area contributed by atoms with E-state index < -0.39 is 11.7 Å². The van der Waals surface area contributed by atoms with Gasteiger partial charge < -0.3 is 9.47 Å². The number of rotatable bonds is 4. The van der Waals surface area contributed by atoms with Crippen molar-refractivity contribution in [2.75, 3.05) is 0 Å². The van der Waals surface area contributed by atoms with E-state index in [-0.39, 0.29) is 28.4 Å². The van der Waals surface area contributed by atoms with Crippen molar-refractivity contribution in [2.24, 2.45) is 0 Å². The summed E-state index contributed by atoms with van der Waals surface area (Å²) in [6.07, 6.45) is -4.56. The zero-order chi connectivity index (χ0) is 20.1. The summed E-state index contributed by atoms with van der Waals surface area (Å²) >= 11 is 0. The second-order valence-corrected chi connectivity index (χ2v) is 5.61. The molecule has 0 heterocycles. The molecule has 0 amide bonds. The van der Waals surface area contributed by atoms with Crippen molar-refractivity contribution in [3.05, 3.63) is 83.4 Å². The third-order valence-corrected chi connectivity index (χ3v) is 3.70. The number of benzene rings is 3. The Hall–Kier alpha value is -3.97. The topological polar surface area (TPSA) is 66.0 Å². The van der Waals surface area contributed by atoms with Crippen LogP contribution >= 0.6 is 0 Å². The maximum Gasteiger partial charge on any atom is 0.416 e. The number of ether oxygens (including phenoxy) is 2. The molecule has 0 N–H and O–H groups in total. The van der Waals surface area contributed by atoms with Crippen LogP contribution in [-0.4, -0.2) is 0 Å². The number of alkyl halides is 3. The molecule has 0 spiro atoms. The molecular weight excluding hydrogens is 369 g/mol. The summed E-state index contributed by atoms with van der Waals surface area (Å²) in [5.74, 6) is 0.423. The molecule has 138 valence electrons. The summed E-state index contributed by atoms with van der Waals surface area (Å²) in [7, 11) is 0. The molecule has 0 radical (unpaired) electrons. The molecule has 3 aromatic carbocycles. The molecule has 0 aliphatic carbocycles. The largest absolute Gasteiger partial charge is 0.453 e. The zero-order valence-corrected chi connectivity index (χ0v) is 14.2. The molecule has 0 fully saturated rings. The van der Waals surface area contributed by atoms with Crippen LogP contribution in [0.5, 0.6) is 23.0 Å². The van der Waals surface area contributed by atoms with Crippen molar-refractivity contribution in [1.29, 1.82) is 10.5 Å². The number of nitrogens with zero attached hydrogens (tertiary/aromatic N) is 2. The minimum Gasteiger partial charge on any atom is -0.453 e. The number of nitriles is 2. The van der Waals surface area contributed by atoms with Crippen molar-refractivity contribution < 1.29 is 22.6 Å². The second kappa shape index (κ2) is 7.73. The maximum atomic E-state index is 13.1. The molecule has 0 unspecified atom stereocenters. The lowest BCUT2D eigenvalue weighted by atomic mass is 10.1. The lowest BCUT2D eigenvalue weighted by molar-refractivity contribution is -0.137. The minimum atomic E-state index is -4.56. The SMILES string of the molecule is N#Cc1ccc(Oc2cc(C(F)(F)F)ccc2Oc2ccccc2)cc1C#N. The van der Waals surface area contributed by atoms with Gasteiger partial charge in [-0.2, -0.15) is 23.7 Å². The number of para-hydroxylation sites is 1. The average molecular weight is 380 g/mol. The van der Waals surface area contributed by atoms with Gasteiger partial charge in [0, 0.05) is 0 Å². The van der Waals surface area contributed by atoms with Crippen LogP contribution in [-0.2, 0) is 6.18 Å². The van der Waals surface area contributed by atoms with Crippen molar-refractivity contribution in [3.63, 3.8) is 0 Å². The fraction of sp³-hybridized carbons (Fsp3) is 0.0476. The van der Waals surface area contributed by atoms with E-state index >= 15 is 0 Å². The molecule has 7 heteroatoms. The molecule has 0 aromatic heterocycles. The van der Waals surface area contributed by atoms with Crippen LogP contribution in [0, 0.1) is 22.7 Å². The van der Waals surface area contributed by atoms with Crippen LogP contribution in [0.25, 0.3) is 0 Å². The number of hydrogen-bond acceptors (Lipinski definition) is 4. The first kappa shape index (κ1) is 18.8. The minimum absolute atomic E-state index is 0.0532. The summed E-state index contributed by atoms with van der Waals surface area (Å²) < 4.78 is 50.5. The molecular formula is C21H11F3N2O2. The number of hydrogen-bond donors (Lipinski definition) is 0. The van der Waals surface area contributed by atoms with E-state index in [1.54, 1.807) is 30.3 Å². The third kappa shape index (κ3) is 4.22. The Morgan fingerprint density at radius 1 is 0.679 bits per heavy atom. The first-order chi connectivity index (χ1) is 13.4. The molecule has 0 saturated heterocycles. The van der Waals surface area contributed by atoms with Gasteiger partial charge in [-0.15, -0.1) is 0 Å². The van der Waals surface area contributed by atoms with E-state index in [0.29, 0.717) is 5.75 Å². The van der Waals surface area contributed by atoms with Crippen LogP contribution in [0.1, 0.15) is 16.7 Å². The zero-order valence-electron chi connectivity index (χ0n) is 14.2. The van der Waals surface area contributed by atoms with Gasteiger partial charge in [0.2, 0.25) is 0 Å². The molecule has 0 aliphatic rings. The first-order valence-electron chi connectivity index (χ1n) is 7.97. The predicted octanol–water partition coefficient (Wildman–Crippen LogP) is 6.03. The summed E-state index contributed by atoms with van der Waals surface area (Å²) in [6, 6.07) is 19.1. The molecule has 4 nitrogen and oxygen atoms in total. The summed E-state index contributed by atoms with van der Waals surface area (Å²) in [4.78, 5) is 0. The van der Waals surface area contributed by atoms with Gasteiger partial charge >= 0.3 is 6.18 Å². The van der Waals surface area contributed by atoms with Gasteiger partial charge in [0.05, 0.1) is 16.7 Å². The normalized spacial score (nSPS) is 10.6. The van der Waals surface area contributed by atoms with Crippen LogP contribution < -0.4 is 9.47 Å². The van der Waals surface area contributed by atoms with E-state index in [2.05, 4.69) is 0 Å². The van der Waals surface area contributed by atoms with E-state index in [4.69, 9.17) is 20.0 Å². The standard InChI is InChI=1S/C21H11F3N2O2/c22-21(23,24)16-7-9-19(27-17-4-2-1-3-5-17)20(11-16)28-18-8-6-14(12-25)15(10-18)13-26/h1-11H. The van der Waals surface area contributed by atoms with Gasteiger partial charge in [0.15, 0.2) is 11.5 Å². The Labute approximate surface area is 158 Å². The Bertz CT molecular complexity index is 1080. The number of halogens is 3. The Morgan fingerprint density at radius 2 is 1.36 bits per heavy atom. The second-order valence-electron chi connectivity index (χ2n) is 5.61. The monoisotopic (exact) mass is 380 g/mol. The Kier molecular flexibility index (Phi) is 5.19. The van der Waals surface area contributed by atoms with Crippen LogP contribution in [0.3, 0.4) is 0 Å². The molecule has 3 aromatic rings. The van der Waals surface area contributed by atoms with Gasteiger partial charge in [0.25, 0.3) is 0 Å². The average Bonchev–Trinajstić information content (AvgIpc) is 2.69. The summed E-state index contributed by atoms with van der Waals surface area (Å²) in [5.41, 5.74) is -0.714. The van der Waals surface area contributed by atoms with Gasteiger partial charge in [-0.3, -0.25) is 0 Å². The van der Waals surface area contributed by atoms with Gasteiger partial charge in [0.1, 0.15) is 23.6 Å². The lowest BCUT2D eigenvalue weighted by Crippen LogP contribution is -2.05. The van der Waals surface area contributed by atoms with Crippen LogP contribution in [0.15, 0.2) is 66.7 Å². The smallest absolute Gasteiger partial charge is 0.416 e. The van der Waals surface area contributed by atoms with E-state index in [1.807, 2.05) is 12.1 Å². The van der Waals surface area contributed by atoms with Gasteiger partial charge in [-0.1, -0.05) is 18.2 Å². The highest BCUT2D eigenvalue weighted by molar-refractivity contribution is 5.52. The van der Waals surface area contributed by atoms with Crippen molar-refractivity contribution in [3.8, 4) is 35.1 Å². The highest BCUT2D eigenvalue weighted by Crippen LogP contribution is 2.40. The Balaban J connectivity index is 2.02. The predicted molar refractivity (Wildman–Crippen MR) is 93.9 cm³/mol. The highest BCUT2D eigenvalue weighted by Gasteiger charge is 2.31. The third-order valence-electron chi connectivity index (χ3n) is 3.70. The van der Waals surface area contributed by atoms with Crippen LogP contribution in [0.2, 0.25) is 0 Å². The highest BCUT2D eigenvalue weighted by atomic mass is 19.4. The molecule has 0 aliphatic heterocycles. The molecule has 28 heavy (non-hydrogen) atoms. The fourth-order valence-corrected chi connectivity index (χ4v) is 2.37.